The molecule has 1 aliphatic heterocycles. The number of benzene rings is 2. The van der Waals surface area contributed by atoms with Gasteiger partial charge < -0.3 is 10.2 Å². The van der Waals surface area contributed by atoms with Gasteiger partial charge in [-0.2, -0.15) is 0 Å². The van der Waals surface area contributed by atoms with Gasteiger partial charge in [-0.05, 0) is 68.5 Å². The van der Waals surface area contributed by atoms with E-state index in [0.29, 0.717) is 23.9 Å². The van der Waals surface area contributed by atoms with Gasteiger partial charge in [0.1, 0.15) is 0 Å². The Kier molecular flexibility index (Phi) is 9.78. The largest absolute Gasteiger partial charge is 0.352 e. The molecule has 0 saturated heterocycles. The molecule has 5 heteroatoms. The van der Waals surface area contributed by atoms with Crippen LogP contribution in [0.5, 0.6) is 0 Å². The summed E-state index contributed by atoms with van der Waals surface area (Å²) in [5.74, 6) is 1.29. The van der Waals surface area contributed by atoms with Gasteiger partial charge in [-0.1, -0.05) is 64.4 Å². The van der Waals surface area contributed by atoms with Crippen LogP contribution in [0, 0.1) is 18.8 Å². The second-order valence-electron chi connectivity index (χ2n) is 10.2. The van der Waals surface area contributed by atoms with Crippen molar-refractivity contribution >= 4 is 29.1 Å². The SMILES string of the molecule is CCCC1=Nc2cc(C(=O)NCCCN(CC(C)C)CC(C)C)ccc2Sc2ccc(C)cc21. The number of nitrogens with zero attached hydrogens (tertiary/aromatic N) is 2. The second kappa shape index (κ2) is 12.6. The lowest BCUT2D eigenvalue weighted by atomic mass is 10.0. The first-order valence-electron chi connectivity index (χ1n) is 12.8. The summed E-state index contributed by atoms with van der Waals surface area (Å²) >= 11 is 1.74. The molecule has 0 aliphatic carbocycles. The molecule has 0 saturated carbocycles. The Labute approximate surface area is 210 Å². The van der Waals surface area contributed by atoms with Crippen LogP contribution in [0.1, 0.15) is 75.4 Å². The Morgan fingerprint density at radius 1 is 1.03 bits per heavy atom. The number of carbonyl (C=O) groups excluding carboxylic acids is 1. The number of fused-ring (bicyclic) bond motifs is 2. The topological polar surface area (TPSA) is 44.7 Å². The predicted octanol–water partition coefficient (Wildman–Crippen LogP) is 7.11. The van der Waals surface area contributed by atoms with Crippen LogP contribution in [-0.2, 0) is 0 Å². The first-order chi connectivity index (χ1) is 16.3. The maximum atomic E-state index is 12.9. The van der Waals surface area contributed by atoms with Gasteiger partial charge >= 0.3 is 0 Å². The molecular weight excluding hydrogens is 438 g/mol. The Bertz CT molecular complexity index is 1000. The molecule has 0 radical (unpaired) electrons. The van der Waals surface area contributed by atoms with Crippen molar-refractivity contribution in [1.29, 1.82) is 0 Å². The third kappa shape index (κ3) is 7.44. The van der Waals surface area contributed by atoms with Crippen molar-refractivity contribution in [2.45, 2.75) is 70.6 Å². The van der Waals surface area contributed by atoms with Crippen molar-refractivity contribution in [2.24, 2.45) is 16.8 Å². The molecule has 0 aromatic heterocycles. The van der Waals surface area contributed by atoms with E-state index < -0.39 is 0 Å². The summed E-state index contributed by atoms with van der Waals surface area (Å²) in [5, 5.41) is 3.12. The first kappa shape index (κ1) is 26.5. The Hall–Kier alpha value is -2.11. The fourth-order valence-electron chi connectivity index (χ4n) is 4.44. The van der Waals surface area contributed by atoms with Crippen LogP contribution in [0.4, 0.5) is 5.69 Å². The van der Waals surface area contributed by atoms with Crippen LogP contribution in [0.3, 0.4) is 0 Å². The third-order valence-corrected chi connectivity index (χ3v) is 6.95. The van der Waals surface area contributed by atoms with Crippen LogP contribution >= 0.6 is 11.8 Å². The van der Waals surface area contributed by atoms with Crippen LogP contribution in [0.2, 0.25) is 0 Å². The summed E-state index contributed by atoms with van der Waals surface area (Å²) < 4.78 is 0. The minimum Gasteiger partial charge on any atom is -0.352 e. The van der Waals surface area contributed by atoms with Crippen molar-refractivity contribution in [1.82, 2.24) is 10.2 Å². The summed E-state index contributed by atoms with van der Waals surface area (Å²) in [7, 11) is 0. The van der Waals surface area contributed by atoms with Crippen molar-refractivity contribution in [3.8, 4) is 0 Å². The Balaban J connectivity index is 1.67. The zero-order valence-corrected chi connectivity index (χ0v) is 22.6. The average Bonchev–Trinajstić information content (AvgIpc) is 2.91. The van der Waals surface area contributed by atoms with Gasteiger partial charge in [0.15, 0.2) is 0 Å². The summed E-state index contributed by atoms with van der Waals surface area (Å²) in [6, 6.07) is 12.5. The lowest BCUT2D eigenvalue weighted by molar-refractivity contribution is 0.0950. The lowest BCUT2D eigenvalue weighted by Crippen LogP contribution is -2.34. The lowest BCUT2D eigenvalue weighted by Gasteiger charge is -2.26. The molecular formula is C29H41N3OS. The van der Waals surface area contributed by atoms with E-state index >= 15 is 0 Å². The van der Waals surface area contributed by atoms with Gasteiger partial charge in [-0.3, -0.25) is 9.79 Å². The van der Waals surface area contributed by atoms with E-state index in [4.69, 9.17) is 4.99 Å². The normalized spacial score (nSPS) is 13.0. The minimum absolute atomic E-state index is 0.0167. The number of aryl methyl sites for hydroxylation is 1. The van der Waals surface area contributed by atoms with Crippen molar-refractivity contribution in [2.75, 3.05) is 26.2 Å². The summed E-state index contributed by atoms with van der Waals surface area (Å²) in [6.07, 6.45) is 2.92. The molecule has 0 atom stereocenters. The van der Waals surface area contributed by atoms with E-state index in [9.17, 15) is 4.79 Å². The molecule has 4 nitrogen and oxygen atoms in total. The summed E-state index contributed by atoms with van der Waals surface area (Å²) in [4.78, 5) is 22.8. The number of aliphatic imine (C=N–C) groups is 1. The maximum Gasteiger partial charge on any atom is 0.251 e. The number of rotatable bonds is 11. The molecule has 0 unspecified atom stereocenters. The molecule has 1 heterocycles. The third-order valence-electron chi connectivity index (χ3n) is 5.81. The second-order valence-corrected chi connectivity index (χ2v) is 11.3. The van der Waals surface area contributed by atoms with Crippen molar-refractivity contribution < 1.29 is 4.79 Å². The van der Waals surface area contributed by atoms with Crippen LogP contribution in [0.25, 0.3) is 0 Å². The number of carbonyl (C=O) groups is 1. The Morgan fingerprint density at radius 3 is 2.41 bits per heavy atom. The van der Waals surface area contributed by atoms with Gasteiger partial charge in [0.25, 0.3) is 5.91 Å². The van der Waals surface area contributed by atoms with Crippen molar-refractivity contribution in [3.63, 3.8) is 0 Å². The highest BCUT2D eigenvalue weighted by Crippen LogP contribution is 2.41. The molecule has 1 N–H and O–H groups in total. The molecule has 0 spiro atoms. The number of amides is 1. The van der Waals surface area contributed by atoms with Crippen LogP contribution < -0.4 is 5.32 Å². The van der Waals surface area contributed by atoms with E-state index in [2.05, 4.69) is 70.0 Å². The average molecular weight is 480 g/mol. The molecule has 34 heavy (non-hydrogen) atoms. The predicted molar refractivity (Wildman–Crippen MR) is 146 cm³/mol. The summed E-state index contributed by atoms with van der Waals surface area (Å²) in [6.45, 7) is 17.3. The first-order valence-corrected chi connectivity index (χ1v) is 13.6. The monoisotopic (exact) mass is 479 g/mol. The fraction of sp³-hybridized carbons (Fsp3) is 0.517. The number of nitrogens with one attached hydrogen (secondary N) is 1. The molecule has 0 fully saturated rings. The molecule has 2 aromatic carbocycles. The highest BCUT2D eigenvalue weighted by atomic mass is 32.2. The molecule has 184 valence electrons. The number of hydrogen-bond donors (Lipinski definition) is 1. The molecule has 1 aliphatic rings. The van der Waals surface area contributed by atoms with Gasteiger partial charge in [-0.25, -0.2) is 0 Å². The van der Waals surface area contributed by atoms with E-state index in [1.165, 1.54) is 16.0 Å². The Morgan fingerprint density at radius 2 is 1.74 bits per heavy atom. The van der Waals surface area contributed by atoms with Crippen LogP contribution in [0.15, 0.2) is 51.2 Å². The fourth-order valence-corrected chi connectivity index (χ4v) is 5.44. The minimum atomic E-state index is -0.0167. The zero-order valence-electron chi connectivity index (χ0n) is 21.8. The standard InChI is InChI=1S/C29H41N3OS/c1-7-9-25-24-16-22(6)10-12-27(24)34-28-13-11-23(17-26(28)31-25)29(33)30-14-8-15-32(18-20(2)3)19-21(4)5/h10-13,16-17,20-21H,7-9,14-15,18-19H2,1-6H3,(H,30,33). The number of hydrogen-bond acceptors (Lipinski definition) is 4. The maximum absolute atomic E-state index is 12.9. The molecule has 3 rings (SSSR count). The highest BCUT2D eigenvalue weighted by Gasteiger charge is 2.19. The van der Waals surface area contributed by atoms with E-state index in [1.807, 2.05) is 18.2 Å². The van der Waals surface area contributed by atoms with Gasteiger partial charge in [0.2, 0.25) is 0 Å². The molecule has 2 aromatic rings. The molecule has 1 amide bonds. The smallest absolute Gasteiger partial charge is 0.251 e. The summed E-state index contributed by atoms with van der Waals surface area (Å²) in [5.41, 5.74) is 5.16. The van der Waals surface area contributed by atoms with Crippen molar-refractivity contribution in [3.05, 3.63) is 53.1 Å². The van der Waals surface area contributed by atoms with Gasteiger partial charge in [-0.15, -0.1) is 0 Å². The van der Waals surface area contributed by atoms with Crippen LogP contribution in [-0.4, -0.2) is 42.7 Å². The molecule has 0 bridgehead atoms. The zero-order chi connectivity index (χ0) is 24.7. The van der Waals surface area contributed by atoms with E-state index in [-0.39, 0.29) is 5.91 Å². The van der Waals surface area contributed by atoms with Gasteiger partial charge in [0, 0.05) is 46.3 Å². The van der Waals surface area contributed by atoms with E-state index in [1.54, 1.807) is 11.8 Å². The van der Waals surface area contributed by atoms with Gasteiger partial charge in [0.05, 0.1) is 5.69 Å². The quantitative estimate of drug-likeness (QED) is 0.349. The van der Waals surface area contributed by atoms with E-state index in [0.717, 1.165) is 55.2 Å². The highest BCUT2D eigenvalue weighted by molar-refractivity contribution is 7.99.